The van der Waals surface area contributed by atoms with Gasteiger partial charge in [0.25, 0.3) is 10.1 Å². The maximum atomic E-state index is 10.9. The quantitative estimate of drug-likeness (QED) is 0.873. The summed E-state index contributed by atoms with van der Waals surface area (Å²) in [7, 11) is -4.15. The van der Waals surface area contributed by atoms with Gasteiger partial charge in [0.2, 0.25) is 0 Å². The molecule has 0 amide bonds. The van der Waals surface area contributed by atoms with Crippen LogP contribution in [0.25, 0.3) is 0 Å². The van der Waals surface area contributed by atoms with Crippen LogP contribution in [-0.4, -0.2) is 13.0 Å². The predicted octanol–water partition coefficient (Wildman–Crippen LogP) is 2.82. The lowest BCUT2D eigenvalue weighted by Crippen LogP contribution is -1.99. The molecule has 0 aliphatic carbocycles. The lowest BCUT2D eigenvalue weighted by molar-refractivity contribution is 0.305. The third kappa shape index (κ3) is 3.56. The second kappa shape index (κ2) is 5.42. The van der Waals surface area contributed by atoms with E-state index in [9.17, 15) is 8.42 Å². The van der Waals surface area contributed by atoms with Gasteiger partial charge in [-0.05, 0) is 42.3 Å². The first-order valence-electron chi connectivity index (χ1n) is 5.72. The van der Waals surface area contributed by atoms with Gasteiger partial charge >= 0.3 is 0 Å². The topological polar surface area (TPSA) is 63.6 Å². The molecule has 2 aromatic carbocycles. The van der Waals surface area contributed by atoms with E-state index in [2.05, 4.69) is 0 Å². The molecule has 0 aliphatic rings. The molecule has 0 heterocycles. The Morgan fingerprint density at radius 1 is 1.05 bits per heavy atom. The maximum absolute atomic E-state index is 10.9. The van der Waals surface area contributed by atoms with E-state index in [-0.39, 0.29) is 4.90 Å². The van der Waals surface area contributed by atoms with Gasteiger partial charge in [0.15, 0.2) is 0 Å². The molecule has 0 saturated carbocycles. The zero-order valence-corrected chi connectivity index (χ0v) is 11.2. The van der Waals surface area contributed by atoms with Gasteiger partial charge < -0.3 is 4.74 Å². The molecular formula is C14H14O4S. The molecule has 2 aromatic rings. The number of ether oxygens (including phenoxy) is 1. The largest absolute Gasteiger partial charge is 0.489 e. The van der Waals surface area contributed by atoms with Crippen molar-refractivity contribution in [1.29, 1.82) is 0 Å². The molecule has 19 heavy (non-hydrogen) atoms. The van der Waals surface area contributed by atoms with E-state index < -0.39 is 10.1 Å². The molecule has 0 atom stereocenters. The Kier molecular flexibility index (Phi) is 3.87. The minimum absolute atomic E-state index is 0.143. The lowest BCUT2D eigenvalue weighted by Gasteiger charge is -2.08. The highest BCUT2D eigenvalue weighted by atomic mass is 32.2. The van der Waals surface area contributed by atoms with Crippen LogP contribution >= 0.6 is 0 Å². The van der Waals surface area contributed by atoms with Crippen LogP contribution < -0.4 is 4.74 Å². The van der Waals surface area contributed by atoms with Crippen LogP contribution in [0, 0.1) is 6.92 Å². The van der Waals surface area contributed by atoms with Crippen LogP contribution in [0.5, 0.6) is 5.75 Å². The van der Waals surface area contributed by atoms with Crippen molar-refractivity contribution >= 4 is 10.1 Å². The Hall–Kier alpha value is -1.85. The molecule has 0 fully saturated rings. The van der Waals surface area contributed by atoms with Crippen LogP contribution in [0.15, 0.2) is 53.4 Å². The van der Waals surface area contributed by atoms with Crippen LogP contribution in [0.3, 0.4) is 0 Å². The zero-order chi connectivity index (χ0) is 13.9. The molecule has 2 rings (SSSR count). The van der Waals surface area contributed by atoms with Crippen molar-refractivity contribution in [3.63, 3.8) is 0 Å². The third-order valence-electron chi connectivity index (χ3n) is 2.78. The average molecular weight is 278 g/mol. The molecule has 1 N–H and O–H groups in total. The van der Waals surface area contributed by atoms with Gasteiger partial charge in [0, 0.05) is 0 Å². The molecule has 0 unspecified atom stereocenters. The predicted molar refractivity (Wildman–Crippen MR) is 71.8 cm³/mol. The number of aryl methyl sites for hydroxylation is 1. The molecule has 4 nitrogen and oxygen atoms in total. The molecule has 0 aliphatic heterocycles. The van der Waals surface area contributed by atoms with E-state index >= 15 is 0 Å². The van der Waals surface area contributed by atoms with E-state index in [0.29, 0.717) is 12.4 Å². The summed E-state index contributed by atoms with van der Waals surface area (Å²) in [6.07, 6.45) is 0. The van der Waals surface area contributed by atoms with Gasteiger partial charge in [0.05, 0.1) is 4.90 Å². The Bertz CT molecular complexity index is 660. The summed E-state index contributed by atoms with van der Waals surface area (Å²) in [5.74, 6) is 0.552. The Labute approximate surface area is 112 Å². The molecule has 5 heteroatoms. The fourth-order valence-corrected chi connectivity index (χ4v) is 2.12. The molecule has 0 spiro atoms. The number of hydrogen-bond donors (Lipinski definition) is 1. The number of benzene rings is 2. The highest BCUT2D eigenvalue weighted by Crippen LogP contribution is 2.17. The first-order chi connectivity index (χ1) is 8.97. The second-order valence-corrected chi connectivity index (χ2v) is 5.58. The fraction of sp³-hybridized carbons (Fsp3) is 0.143. The first kappa shape index (κ1) is 13.6. The van der Waals surface area contributed by atoms with E-state index in [1.54, 1.807) is 0 Å². The standard InChI is InChI=1S/C14H14O4S/c1-11-4-2-3-5-12(11)10-18-13-6-8-14(9-7-13)19(15,16)17/h2-9H,10H2,1H3,(H,15,16,17). The Morgan fingerprint density at radius 2 is 1.68 bits per heavy atom. The molecular weight excluding hydrogens is 264 g/mol. The zero-order valence-electron chi connectivity index (χ0n) is 10.4. The summed E-state index contributed by atoms with van der Waals surface area (Å²) < 4.78 is 36.2. The van der Waals surface area contributed by atoms with Crippen LogP contribution in [0.1, 0.15) is 11.1 Å². The molecule has 0 saturated heterocycles. The van der Waals surface area contributed by atoms with E-state index in [1.807, 2.05) is 31.2 Å². The van der Waals surface area contributed by atoms with Gasteiger partial charge in [-0.3, -0.25) is 4.55 Å². The highest BCUT2D eigenvalue weighted by Gasteiger charge is 2.08. The summed E-state index contributed by atoms with van der Waals surface area (Å²) in [5, 5.41) is 0. The molecule has 0 aromatic heterocycles. The lowest BCUT2D eigenvalue weighted by atomic mass is 10.1. The summed E-state index contributed by atoms with van der Waals surface area (Å²) in [6, 6.07) is 13.5. The number of rotatable bonds is 4. The van der Waals surface area contributed by atoms with Crippen molar-refractivity contribution in [2.24, 2.45) is 0 Å². The monoisotopic (exact) mass is 278 g/mol. The third-order valence-corrected chi connectivity index (χ3v) is 3.65. The second-order valence-electron chi connectivity index (χ2n) is 4.16. The number of hydrogen-bond acceptors (Lipinski definition) is 3. The van der Waals surface area contributed by atoms with Crippen molar-refractivity contribution in [2.45, 2.75) is 18.4 Å². The maximum Gasteiger partial charge on any atom is 0.294 e. The Morgan fingerprint density at radius 3 is 2.26 bits per heavy atom. The first-order valence-corrected chi connectivity index (χ1v) is 7.16. The van der Waals surface area contributed by atoms with E-state index in [4.69, 9.17) is 9.29 Å². The smallest absolute Gasteiger partial charge is 0.294 e. The van der Waals surface area contributed by atoms with Gasteiger partial charge in [-0.15, -0.1) is 0 Å². The Balaban J connectivity index is 2.07. The minimum atomic E-state index is -4.15. The highest BCUT2D eigenvalue weighted by molar-refractivity contribution is 7.85. The average Bonchev–Trinajstić information content (AvgIpc) is 2.37. The van der Waals surface area contributed by atoms with Crippen LogP contribution in [0.2, 0.25) is 0 Å². The molecule has 100 valence electrons. The summed E-state index contributed by atoms with van der Waals surface area (Å²) >= 11 is 0. The van der Waals surface area contributed by atoms with E-state index in [1.165, 1.54) is 24.3 Å². The minimum Gasteiger partial charge on any atom is -0.489 e. The summed E-state index contributed by atoms with van der Waals surface area (Å²) in [5.41, 5.74) is 2.21. The molecule has 0 bridgehead atoms. The fourth-order valence-electron chi connectivity index (χ4n) is 1.64. The van der Waals surface area contributed by atoms with Gasteiger partial charge in [-0.25, -0.2) is 0 Å². The van der Waals surface area contributed by atoms with Crippen molar-refractivity contribution < 1.29 is 17.7 Å². The summed E-state index contributed by atoms with van der Waals surface area (Å²) in [4.78, 5) is -0.143. The van der Waals surface area contributed by atoms with Crippen molar-refractivity contribution in [3.8, 4) is 5.75 Å². The van der Waals surface area contributed by atoms with Gasteiger partial charge in [-0.1, -0.05) is 24.3 Å². The summed E-state index contributed by atoms with van der Waals surface area (Å²) in [6.45, 7) is 2.41. The van der Waals surface area contributed by atoms with Crippen molar-refractivity contribution in [3.05, 3.63) is 59.7 Å². The van der Waals surface area contributed by atoms with Crippen molar-refractivity contribution in [1.82, 2.24) is 0 Å². The van der Waals surface area contributed by atoms with Crippen molar-refractivity contribution in [2.75, 3.05) is 0 Å². The molecule has 0 radical (unpaired) electrons. The SMILES string of the molecule is Cc1ccccc1COc1ccc(S(=O)(=O)O)cc1. The van der Waals surface area contributed by atoms with Crippen LogP contribution in [-0.2, 0) is 16.7 Å². The normalized spacial score (nSPS) is 11.3. The van der Waals surface area contributed by atoms with Crippen LogP contribution in [0.4, 0.5) is 0 Å². The van der Waals surface area contributed by atoms with Gasteiger partial charge in [-0.2, -0.15) is 8.42 Å². The van der Waals surface area contributed by atoms with Gasteiger partial charge in [0.1, 0.15) is 12.4 Å². The van der Waals surface area contributed by atoms with E-state index in [0.717, 1.165) is 11.1 Å².